The fourth-order valence-corrected chi connectivity index (χ4v) is 4.80. The van der Waals surface area contributed by atoms with Crippen molar-refractivity contribution in [2.24, 2.45) is 0 Å². The number of piperidine rings is 1. The first-order chi connectivity index (χ1) is 12.9. The van der Waals surface area contributed by atoms with Crippen LogP contribution in [-0.4, -0.2) is 65.1 Å². The van der Waals surface area contributed by atoms with Crippen molar-refractivity contribution in [2.45, 2.75) is 32.4 Å². The highest BCUT2D eigenvalue weighted by atomic mass is 32.2. The SMILES string of the molecule is CCS(=O)(=O)N1CCC(N(CC(=O)O)Cc2cccc3cccnc23)CC1. The van der Waals surface area contributed by atoms with E-state index in [0.717, 1.165) is 16.5 Å². The summed E-state index contributed by atoms with van der Waals surface area (Å²) in [6, 6.07) is 9.81. The molecule has 146 valence electrons. The average molecular weight is 391 g/mol. The van der Waals surface area contributed by atoms with Gasteiger partial charge in [0.2, 0.25) is 10.0 Å². The van der Waals surface area contributed by atoms with Gasteiger partial charge in [0.15, 0.2) is 0 Å². The number of benzene rings is 1. The monoisotopic (exact) mass is 391 g/mol. The van der Waals surface area contributed by atoms with Crippen molar-refractivity contribution >= 4 is 26.9 Å². The summed E-state index contributed by atoms with van der Waals surface area (Å²) >= 11 is 0. The normalized spacial score (nSPS) is 16.8. The third kappa shape index (κ3) is 4.63. The first-order valence-corrected chi connectivity index (χ1v) is 10.8. The minimum absolute atomic E-state index is 0.0309. The number of carboxylic acids is 1. The summed E-state index contributed by atoms with van der Waals surface area (Å²) < 4.78 is 25.6. The molecule has 8 heteroatoms. The second kappa shape index (κ2) is 8.33. The van der Waals surface area contributed by atoms with E-state index in [1.165, 1.54) is 4.31 Å². The zero-order valence-corrected chi connectivity index (χ0v) is 16.2. The number of rotatable bonds is 7. The van der Waals surface area contributed by atoms with Gasteiger partial charge in [-0.1, -0.05) is 24.3 Å². The third-order valence-electron chi connectivity index (χ3n) is 5.13. The lowest BCUT2D eigenvalue weighted by molar-refractivity contribution is -0.139. The number of carboxylic acid groups (broad SMARTS) is 1. The van der Waals surface area contributed by atoms with Crippen molar-refractivity contribution in [3.63, 3.8) is 0 Å². The lowest BCUT2D eigenvalue weighted by Crippen LogP contribution is -2.48. The number of hydrogen-bond acceptors (Lipinski definition) is 5. The van der Waals surface area contributed by atoms with Crippen LogP contribution in [0, 0.1) is 0 Å². The Morgan fingerprint density at radius 1 is 1.26 bits per heavy atom. The van der Waals surface area contributed by atoms with Gasteiger partial charge in [-0.05, 0) is 31.4 Å². The van der Waals surface area contributed by atoms with Crippen molar-refractivity contribution in [2.75, 3.05) is 25.4 Å². The highest BCUT2D eigenvalue weighted by molar-refractivity contribution is 7.89. The summed E-state index contributed by atoms with van der Waals surface area (Å²) in [6.07, 6.45) is 3.00. The Labute approximate surface area is 159 Å². The van der Waals surface area contributed by atoms with E-state index in [9.17, 15) is 18.3 Å². The molecule has 2 heterocycles. The number of aromatic nitrogens is 1. The molecule has 0 bridgehead atoms. The number of nitrogens with zero attached hydrogens (tertiary/aromatic N) is 3. The summed E-state index contributed by atoms with van der Waals surface area (Å²) in [5.74, 6) is -0.787. The van der Waals surface area contributed by atoms with Gasteiger partial charge in [-0.3, -0.25) is 14.7 Å². The van der Waals surface area contributed by atoms with Crippen LogP contribution in [0.4, 0.5) is 0 Å². The highest BCUT2D eigenvalue weighted by Gasteiger charge is 2.30. The fraction of sp³-hybridized carbons (Fsp3) is 0.474. The van der Waals surface area contributed by atoms with Gasteiger partial charge in [0.25, 0.3) is 0 Å². The molecule has 1 N–H and O–H groups in total. The van der Waals surface area contributed by atoms with E-state index in [1.54, 1.807) is 13.1 Å². The quantitative estimate of drug-likeness (QED) is 0.776. The minimum Gasteiger partial charge on any atom is -0.480 e. The molecule has 0 aliphatic carbocycles. The van der Waals surface area contributed by atoms with E-state index < -0.39 is 16.0 Å². The molecular formula is C19H25N3O4S. The molecule has 0 saturated carbocycles. The molecule has 0 spiro atoms. The topological polar surface area (TPSA) is 90.8 Å². The Bertz CT molecular complexity index is 903. The molecule has 0 amide bonds. The lowest BCUT2D eigenvalue weighted by Gasteiger charge is -2.37. The lowest BCUT2D eigenvalue weighted by atomic mass is 10.0. The number of carbonyl (C=O) groups is 1. The molecule has 1 saturated heterocycles. The van der Waals surface area contributed by atoms with Crippen LogP contribution in [0.3, 0.4) is 0 Å². The Morgan fingerprint density at radius 3 is 2.63 bits per heavy atom. The van der Waals surface area contributed by atoms with Gasteiger partial charge >= 0.3 is 5.97 Å². The van der Waals surface area contributed by atoms with Crippen LogP contribution in [-0.2, 0) is 21.4 Å². The maximum Gasteiger partial charge on any atom is 0.317 e. The molecule has 1 aromatic carbocycles. The number of sulfonamides is 1. The Kier molecular flexibility index (Phi) is 6.08. The molecular weight excluding hydrogens is 366 g/mol. The summed E-state index contributed by atoms with van der Waals surface area (Å²) in [5, 5.41) is 10.4. The second-order valence-corrected chi connectivity index (χ2v) is 9.08. The predicted octanol–water partition coefficient (Wildman–Crippen LogP) is 1.94. The van der Waals surface area contributed by atoms with E-state index in [2.05, 4.69) is 4.98 Å². The average Bonchev–Trinajstić information content (AvgIpc) is 2.67. The van der Waals surface area contributed by atoms with E-state index >= 15 is 0 Å². The summed E-state index contributed by atoms with van der Waals surface area (Å²) in [6.45, 7) is 2.92. The number of pyridine rings is 1. The molecule has 7 nitrogen and oxygen atoms in total. The van der Waals surface area contributed by atoms with E-state index in [-0.39, 0.29) is 18.3 Å². The van der Waals surface area contributed by atoms with Crippen LogP contribution < -0.4 is 0 Å². The molecule has 27 heavy (non-hydrogen) atoms. The standard InChI is InChI=1S/C19H25N3O4S/c1-2-27(25,26)22-11-8-17(9-12-22)21(14-18(23)24)13-16-6-3-5-15-7-4-10-20-19(15)16/h3-7,10,17H,2,8-9,11-14H2,1H3,(H,23,24). The molecule has 0 atom stereocenters. The van der Waals surface area contributed by atoms with Gasteiger partial charge in [-0.25, -0.2) is 12.7 Å². The summed E-state index contributed by atoms with van der Waals surface area (Å²) in [4.78, 5) is 17.8. The Hall–Kier alpha value is -2.03. The molecule has 2 aromatic rings. The molecule has 0 radical (unpaired) electrons. The van der Waals surface area contributed by atoms with Gasteiger partial charge in [-0.2, -0.15) is 0 Å². The van der Waals surface area contributed by atoms with Gasteiger partial charge in [0.05, 0.1) is 17.8 Å². The van der Waals surface area contributed by atoms with E-state index in [4.69, 9.17) is 0 Å². The Morgan fingerprint density at radius 2 is 1.96 bits per heavy atom. The molecule has 1 aliphatic rings. The number of hydrogen-bond donors (Lipinski definition) is 1. The number of aliphatic carboxylic acids is 1. The van der Waals surface area contributed by atoms with Crippen molar-refractivity contribution in [3.8, 4) is 0 Å². The van der Waals surface area contributed by atoms with Gasteiger partial charge in [0, 0.05) is 37.3 Å². The molecule has 1 aromatic heterocycles. The van der Waals surface area contributed by atoms with Crippen LogP contribution in [0.25, 0.3) is 10.9 Å². The summed E-state index contributed by atoms with van der Waals surface area (Å²) in [7, 11) is -3.19. The smallest absolute Gasteiger partial charge is 0.317 e. The third-order valence-corrected chi connectivity index (χ3v) is 7.01. The highest BCUT2D eigenvalue weighted by Crippen LogP contribution is 2.23. The van der Waals surface area contributed by atoms with Crippen molar-refractivity contribution in [3.05, 3.63) is 42.1 Å². The zero-order valence-electron chi connectivity index (χ0n) is 15.4. The van der Waals surface area contributed by atoms with Crippen LogP contribution in [0.15, 0.2) is 36.5 Å². The number of para-hydroxylation sites is 1. The fourth-order valence-electron chi connectivity index (χ4n) is 3.67. The van der Waals surface area contributed by atoms with E-state index in [1.807, 2.05) is 35.2 Å². The van der Waals surface area contributed by atoms with Gasteiger partial charge < -0.3 is 5.11 Å². The van der Waals surface area contributed by atoms with Crippen LogP contribution >= 0.6 is 0 Å². The van der Waals surface area contributed by atoms with Crippen molar-refractivity contribution < 1.29 is 18.3 Å². The van der Waals surface area contributed by atoms with Crippen LogP contribution in [0.1, 0.15) is 25.3 Å². The van der Waals surface area contributed by atoms with Gasteiger partial charge in [-0.15, -0.1) is 0 Å². The summed E-state index contributed by atoms with van der Waals surface area (Å²) in [5.41, 5.74) is 1.86. The molecule has 3 rings (SSSR count). The first kappa shape index (κ1) is 19.7. The minimum atomic E-state index is -3.19. The van der Waals surface area contributed by atoms with Crippen LogP contribution in [0.5, 0.6) is 0 Å². The predicted molar refractivity (Wildman–Crippen MR) is 104 cm³/mol. The van der Waals surface area contributed by atoms with Gasteiger partial charge in [0.1, 0.15) is 0 Å². The van der Waals surface area contributed by atoms with Crippen LogP contribution in [0.2, 0.25) is 0 Å². The van der Waals surface area contributed by atoms with Crippen molar-refractivity contribution in [1.29, 1.82) is 0 Å². The Balaban J connectivity index is 1.78. The zero-order chi connectivity index (χ0) is 19.4. The maximum absolute atomic E-state index is 12.1. The molecule has 1 fully saturated rings. The van der Waals surface area contributed by atoms with Crippen molar-refractivity contribution in [1.82, 2.24) is 14.2 Å². The molecule has 0 unspecified atom stereocenters. The maximum atomic E-state index is 12.1. The largest absolute Gasteiger partial charge is 0.480 e. The number of fused-ring (bicyclic) bond motifs is 1. The molecule has 1 aliphatic heterocycles. The first-order valence-electron chi connectivity index (χ1n) is 9.17. The second-order valence-electron chi connectivity index (χ2n) is 6.82. The van der Waals surface area contributed by atoms with E-state index in [0.29, 0.717) is 32.5 Å².